The van der Waals surface area contributed by atoms with E-state index in [1.165, 1.54) is 27.7 Å². The first-order chi connectivity index (χ1) is 19.2. The molecule has 0 bridgehead atoms. The van der Waals surface area contributed by atoms with Gasteiger partial charge in [-0.2, -0.15) is 39.5 Å². The van der Waals surface area contributed by atoms with Crippen LogP contribution in [-0.2, 0) is 34.5 Å². The minimum atomic E-state index is -5.15. The van der Waals surface area contributed by atoms with Crippen LogP contribution in [0.4, 0.5) is 54.8 Å². The fourth-order valence-electron chi connectivity index (χ4n) is 4.65. The number of anilines is 1. The third-order valence-corrected chi connectivity index (χ3v) is 6.39. The number of hydrogen-bond donors (Lipinski definition) is 0. The summed E-state index contributed by atoms with van der Waals surface area (Å²) in [5.41, 5.74) is -5.19. The maximum Gasteiger partial charge on any atom is 0.416 e. The molecule has 0 saturated carbocycles. The van der Waals surface area contributed by atoms with Crippen molar-refractivity contribution in [3.05, 3.63) is 64.2 Å². The van der Waals surface area contributed by atoms with Crippen LogP contribution in [0.2, 0.25) is 0 Å². The van der Waals surface area contributed by atoms with Crippen LogP contribution in [0.5, 0.6) is 0 Å². The maximum atomic E-state index is 13.6. The number of halogens is 9. The number of alkyl halides is 9. The molecule has 2 unspecified atom stereocenters. The molecular weight excluding hydrogens is 587 g/mol. The highest BCUT2D eigenvalue weighted by Crippen LogP contribution is 2.45. The first kappa shape index (κ1) is 32.9. The Balaban J connectivity index is 2.22. The molecule has 15 heteroatoms. The SMILES string of the molecule is CCOC(=O)N1c2cc(C(F)(F)F)ccc2C(N(Cc2cc(C(F)(F)F)cc(C(F)(F)F)c2)C(=O)OC(C)C)CC1C. The van der Waals surface area contributed by atoms with Crippen LogP contribution < -0.4 is 4.90 Å². The molecule has 2 atom stereocenters. The molecule has 0 N–H and O–H groups in total. The Bertz CT molecular complexity index is 1270. The molecule has 0 saturated heterocycles. The van der Waals surface area contributed by atoms with Crippen molar-refractivity contribution in [3.8, 4) is 0 Å². The summed E-state index contributed by atoms with van der Waals surface area (Å²) in [6, 6.07) is 1.10. The molecule has 1 aliphatic heterocycles. The van der Waals surface area contributed by atoms with Gasteiger partial charge in [-0.1, -0.05) is 6.07 Å². The quantitative estimate of drug-likeness (QED) is 0.317. The molecule has 232 valence electrons. The van der Waals surface area contributed by atoms with Crippen LogP contribution in [-0.4, -0.2) is 35.8 Å². The van der Waals surface area contributed by atoms with Crippen LogP contribution >= 0.6 is 0 Å². The predicted molar refractivity (Wildman–Crippen MR) is 131 cm³/mol. The van der Waals surface area contributed by atoms with E-state index in [0.717, 1.165) is 15.9 Å². The van der Waals surface area contributed by atoms with Gasteiger partial charge in [-0.25, -0.2) is 9.59 Å². The van der Waals surface area contributed by atoms with Gasteiger partial charge in [-0.15, -0.1) is 0 Å². The van der Waals surface area contributed by atoms with Gasteiger partial charge >= 0.3 is 30.7 Å². The second kappa shape index (κ2) is 11.9. The number of carbonyl (C=O) groups is 2. The van der Waals surface area contributed by atoms with Gasteiger partial charge < -0.3 is 9.47 Å². The third kappa shape index (κ3) is 7.40. The molecule has 0 aromatic heterocycles. The Morgan fingerprint density at radius 1 is 0.905 bits per heavy atom. The average Bonchev–Trinajstić information content (AvgIpc) is 2.84. The van der Waals surface area contributed by atoms with Crippen molar-refractivity contribution in [2.45, 2.75) is 77.4 Å². The Kier molecular flexibility index (Phi) is 9.32. The first-order valence-electron chi connectivity index (χ1n) is 12.7. The van der Waals surface area contributed by atoms with Gasteiger partial charge in [0.15, 0.2) is 0 Å². The second-order valence-corrected chi connectivity index (χ2v) is 9.92. The van der Waals surface area contributed by atoms with Gasteiger partial charge in [0.25, 0.3) is 0 Å². The fraction of sp³-hybridized carbons (Fsp3) is 0.481. The lowest BCUT2D eigenvalue weighted by atomic mass is 9.89. The van der Waals surface area contributed by atoms with Crippen LogP contribution in [0, 0.1) is 0 Å². The summed E-state index contributed by atoms with van der Waals surface area (Å²) in [7, 11) is 0. The summed E-state index contributed by atoms with van der Waals surface area (Å²) in [6.07, 6.45) is -18.2. The molecule has 6 nitrogen and oxygen atoms in total. The number of fused-ring (bicyclic) bond motifs is 1. The molecule has 1 heterocycles. The molecule has 2 aromatic carbocycles. The Hall–Kier alpha value is -3.65. The summed E-state index contributed by atoms with van der Waals surface area (Å²) in [5, 5.41) is 0. The molecule has 42 heavy (non-hydrogen) atoms. The van der Waals surface area contributed by atoms with Gasteiger partial charge in [-0.3, -0.25) is 9.80 Å². The lowest BCUT2D eigenvalue weighted by Crippen LogP contribution is -2.48. The van der Waals surface area contributed by atoms with Crippen molar-refractivity contribution in [1.29, 1.82) is 0 Å². The van der Waals surface area contributed by atoms with Gasteiger partial charge in [-0.05, 0) is 75.6 Å². The lowest BCUT2D eigenvalue weighted by molar-refractivity contribution is -0.143. The zero-order valence-corrected chi connectivity index (χ0v) is 22.7. The lowest BCUT2D eigenvalue weighted by Gasteiger charge is -2.43. The summed E-state index contributed by atoms with van der Waals surface area (Å²) in [5.74, 6) is 0. The normalized spacial score (nSPS) is 17.6. The zero-order chi connectivity index (χ0) is 31.8. The molecular formula is C27H27F9N2O4. The summed E-state index contributed by atoms with van der Waals surface area (Å²) in [6.45, 7) is 4.91. The van der Waals surface area contributed by atoms with E-state index in [-0.39, 0.29) is 30.3 Å². The van der Waals surface area contributed by atoms with E-state index >= 15 is 0 Å². The number of benzene rings is 2. The van der Waals surface area contributed by atoms with Crippen LogP contribution in [0.15, 0.2) is 36.4 Å². The summed E-state index contributed by atoms with van der Waals surface area (Å²) < 4.78 is 132. The number of nitrogens with zero attached hydrogens (tertiary/aromatic N) is 2. The van der Waals surface area contributed by atoms with E-state index in [2.05, 4.69) is 0 Å². The predicted octanol–water partition coefficient (Wildman–Crippen LogP) is 8.59. The Labute approximate surface area is 235 Å². The highest BCUT2D eigenvalue weighted by Gasteiger charge is 2.42. The minimum absolute atomic E-state index is 0.0159. The van der Waals surface area contributed by atoms with Crippen molar-refractivity contribution in [3.63, 3.8) is 0 Å². The van der Waals surface area contributed by atoms with Gasteiger partial charge in [0.1, 0.15) is 0 Å². The highest BCUT2D eigenvalue weighted by atomic mass is 19.4. The second-order valence-electron chi connectivity index (χ2n) is 9.92. The van der Waals surface area contributed by atoms with E-state index in [1.54, 1.807) is 0 Å². The first-order valence-corrected chi connectivity index (χ1v) is 12.7. The molecule has 0 spiro atoms. The monoisotopic (exact) mass is 614 g/mol. The molecule has 2 aromatic rings. The molecule has 0 radical (unpaired) electrons. The molecule has 0 aliphatic carbocycles. The molecule has 1 aliphatic rings. The van der Waals surface area contributed by atoms with Gasteiger partial charge in [0, 0.05) is 12.6 Å². The fourth-order valence-corrected chi connectivity index (χ4v) is 4.65. The third-order valence-electron chi connectivity index (χ3n) is 6.39. The van der Waals surface area contributed by atoms with Crippen molar-refractivity contribution in [1.82, 2.24) is 4.90 Å². The Morgan fingerprint density at radius 3 is 1.93 bits per heavy atom. The number of amides is 2. The van der Waals surface area contributed by atoms with Gasteiger partial charge in [0.2, 0.25) is 0 Å². The largest absolute Gasteiger partial charge is 0.449 e. The molecule has 3 rings (SSSR count). The number of carbonyl (C=O) groups excluding carboxylic acids is 2. The Morgan fingerprint density at radius 2 is 1.45 bits per heavy atom. The van der Waals surface area contributed by atoms with Crippen molar-refractivity contribution in [2.75, 3.05) is 11.5 Å². The van der Waals surface area contributed by atoms with Gasteiger partial charge in [0.05, 0.1) is 41.1 Å². The van der Waals surface area contributed by atoms with E-state index in [9.17, 15) is 49.1 Å². The van der Waals surface area contributed by atoms with Crippen molar-refractivity contribution in [2.24, 2.45) is 0 Å². The van der Waals surface area contributed by atoms with Crippen molar-refractivity contribution < 1.29 is 58.6 Å². The smallest absolute Gasteiger partial charge is 0.416 e. The van der Waals surface area contributed by atoms with Crippen LogP contribution in [0.3, 0.4) is 0 Å². The molecule has 2 amide bonds. The van der Waals surface area contributed by atoms with E-state index < -0.39 is 77.7 Å². The summed E-state index contributed by atoms with van der Waals surface area (Å²) in [4.78, 5) is 27.8. The topological polar surface area (TPSA) is 59.1 Å². The number of rotatable bonds is 5. The molecule has 0 fully saturated rings. The average molecular weight is 615 g/mol. The standard InChI is InChI=1S/C27H27F9N2O4/c1-5-41-24(40)38-15(4)8-21(20-7-6-17(12-22(20)38)25(28,29)30)37(23(39)42-14(2)3)13-16-9-18(26(31,32)33)11-19(10-16)27(34,35)36/h6-7,9-12,14-15,21H,5,8,13H2,1-4H3. The van der Waals surface area contributed by atoms with E-state index in [1.807, 2.05) is 0 Å². The van der Waals surface area contributed by atoms with E-state index in [4.69, 9.17) is 9.47 Å². The number of hydrogen-bond acceptors (Lipinski definition) is 4. The summed E-state index contributed by atoms with van der Waals surface area (Å²) >= 11 is 0. The van der Waals surface area contributed by atoms with E-state index in [0.29, 0.717) is 24.3 Å². The maximum absolute atomic E-state index is 13.6. The minimum Gasteiger partial charge on any atom is -0.449 e. The number of ether oxygens (including phenoxy) is 2. The highest BCUT2D eigenvalue weighted by molar-refractivity contribution is 5.90. The van der Waals surface area contributed by atoms with Crippen LogP contribution in [0.25, 0.3) is 0 Å². The van der Waals surface area contributed by atoms with Crippen molar-refractivity contribution >= 4 is 17.9 Å². The van der Waals surface area contributed by atoms with Crippen LogP contribution in [0.1, 0.15) is 68.0 Å². The zero-order valence-electron chi connectivity index (χ0n) is 22.7.